The molecule has 0 radical (unpaired) electrons. The molecule has 0 bridgehead atoms. The van der Waals surface area contributed by atoms with E-state index < -0.39 is 5.60 Å². The molecule has 0 aliphatic rings. The second-order valence-corrected chi connectivity index (χ2v) is 7.15. The second-order valence-electron chi connectivity index (χ2n) is 4.07. The van der Waals surface area contributed by atoms with Gasteiger partial charge in [0.15, 0.2) is 0 Å². The van der Waals surface area contributed by atoms with E-state index in [0.717, 1.165) is 14.1 Å². The van der Waals surface area contributed by atoms with Crippen LogP contribution in [-0.2, 0) is 12.0 Å². The first-order chi connectivity index (χ1) is 7.47. The first-order valence-corrected chi connectivity index (χ1v) is 7.02. The highest BCUT2D eigenvalue weighted by Gasteiger charge is 2.25. The zero-order valence-electron chi connectivity index (χ0n) is 9.16. The molecule has 2 aromatic heterocycles. The van der Waals surface area contributed by atoms with Crippen LogP contribution in [0, 0.1) is 6.92 Å². The standard InChI is InChI=1S/C12H13ClOS2/c1-8-3-5-10(15-8)12(2,14)7-9-4-6-11(13)16-9/h3-6,14H,7H2,1-2H3. The number of aliphatic hydroxyl groups is 1. The number of hydrogen-bond donors (Lipinski definition) is 1. The van der Waals surface area contributed by atoms with Crippen molar-refractivity contribution in [2.24, 2.45) is 0 Å². The van der Waals surface area contributed by atoms with Crippen LogP contribution in [-0.4, -0.2) is 5.11 Å². The van der Waals surface area contributed by atoms with Crippen LogP contribution in [0.2, 0.25) is 4.34 Å². The summed E-state index contributed by atoms with van der Waals surface area (Å²) in [6, 6.07) is 7.88. The highest BCUT2D eigenvalue weighted by atomic mass is 35.5. The molecular weight excluding hydrogens is 260 g/mol. The maximum Gasteiger partial charge on any atom is 0.101 e. The Kier molecular flexibility index (Phi) is 3.40. The maximum absolute atomic E-state index is 10.4. The van der Waals surface area contributed by atoms with Crippen LogP contribution < -0.4 is 0 Å². The summed E-state index contributed by atoms with van der Waals surface area (Å²) < 4.78 is 0.771. The summed E-state index contributed by atoms with van der Waals surface area (Å²) in [5.74, 6) is 0. The van der Waals surface area contributed by atoms with E-state index in [2.05, 4.69) is 0 Å². The lowest BCUT2D eigenvalue weighted by atomic mass is 9.99. The molecule has 0 fully saturated rings. The molecule has 4 heteroatoms. The summed E-state index contributed by atoms with van der Waals surface area (Å²) in [5, 5.41) is 10.4. The van der Waals surface area contributed by atoms with E-state index in [0.29, 0.717) is 6.42 Å². The van der Waals surface area contributed by atoms with Gasteiger partial charge in [-0.15, -0.1) is 22.7 Å². The number of aryl methyl sites for hydroxylation is 1. The summed E-state index contributed by atoms with van der Waals surface area (Å²) in [4.78, 5) is 3.34. The van der Waals surface area contributed by atoms with Crippen LogP contribution in [0.4, 0.5) is 0 Å². The monoisotopic (exact) mass is 272 g/mol. The van der Waals surface area contributed by atoms with Gasteiger partial charge in [-0.2, -0.15) is 0 Å². The van der Waals surface area contributed by atoms with Gasteiger partial charge in [0.05, 0.1) is 4.34 Å². The lowest BCUT2D eigenvalue weighted by Crippen LogP contribution is -2.22. The Hall–Kier alpha value is -0.350. The average molecular weight is 273 g/mol. The molecule has 0 amide bonds. The number of thiophene rings is 2. The Morgan fingerprint density at radius 2 is 2.00 bits per heavy atom. The molecule has 0 aliphatic carbocycles. The van der Waals surface area contributed by atoms with Crippen molar-refractivity contribution in [3.05, 3.63) is 43.2 Å². The molecule has 1 nitrogen and oxygen atoms in total. The third kappa shape index (κ3) is 2.66. The van der Waals surface area contributed by atoms with E-state index in [1.165, 1.54) is 16.2 Å². The van der Waals surface area contributed by atoms with Crippen LogP contribution in [0.5, 0.6) is 0 Å². The summed E-state index contributed by atoms with van der Waals surface area (Å²) in [7, 11) is 0. The first kappa shape index (κ1) is 12.1. The quantitative estimate of drug-likeness (QED) is 0.887. The fraction of sp³-hybridized carbons (Fsp3) is 0.333. The minimum Gasteiger partial charge on any atom is -0.384 e. The summed E-state index contributed by atoms with van der Waals surface area (Å²) in [6.45, 7) is 3.90. The van der Waals surface area contributed by atoms with Crippen molar-refractivity contribution in [1.82, 2.24) is 0 Å². The summed E-state index contributed by atoms with van der Waals surface area (Å²) >= 11 is 9.05. The van der Waals surface area contributed by atoms with Crippen LogP contribution >= 0.6 is 34.3 Å². The van der Waals surface area contributed by atoms with Crippen molar-refractivity contribution >= 4 is 34.3 Å². The van der Waals surface area contributed by atoms with Gasteiger partial charge in [-0.3, -0.25) is 0 Å². The van der Waals surface area contributed by atoms with Gasteiger partial charge < -0.3 is 5.11 Å². The molecule has 1 unspecified atom stereocenters. The van der Waals surface area contributed by atoms with Gasteiger partial charge in [0.25, 0.3) is 0 Å². The number of hydrogen-bond acceptors (Lipinski definition) is 3. The maximum atomic E-state index is 10.4. The van der Waals surface area contributed by atoms with E-state index in [4.69, 9.17) is 11.6 Å². The molecule has 0 saturated heterocycles. The van der Waals surface area contributed by atoms with Gasteiger partial charge >= 0.3 is 0 Å². The minimum absolute atomic E-state index is 0.615. The molecule has 2 heterocycles. The third-order valence-electron chi connectivity index (χ3n) is 2.42. The van der Waals surface area contributed by atoms with Gasteiger partial charge in [0.2, 0.25) is 0 Å². The van der Waals surface area contributed by atoms with Crippen molar-refractivity contribution in [1.29, 1.82) is 0 Å². The number of rotatable bonds is 3. The van der Waals surface area contributed by atoms with Crippen LogP contribution in [0.25, 0.3) is 0 Å². The highest BCUT2D eigenvalue weighted by Crippen LogP contribution is 2.33. The fourth-order valence-corrected chi connectivity index (χ4v) is 3.74. The average Bonchev–Trinajstić information content (AvgIpc) is 2.75. The molecule has 0 aromatic carbocycles. The Bertz CT molecular complexity index is 485. The van der Waals surface area contributed by atoms with Crippen LogP contribution in [0.1, 0.15) is 21.6 Å². The van der Waals surface area contributed by atoms with Gasteiger partial charge in [-0.1, -0.05) is 11.6 Å². The van der Waals surface area contributed by atoms with E-state index in [1.54, 1.807) is 11.3 Å². The third-order valence-corrected chi connectivity index (χ3v) is 4.90. The van der Waals surface area contributed by atoms with Gasteiger partial charge in [0, 0.05) is 21.1 Å². The second kappa shape index (κ2) is 4.49. The lowest BCUT2D eigenvalue weighted by Gasteiger charge is -2.20. The van der Waals surface area contributed by atoms with E-state index in [9.17, 15) is 5.11 Å². The zero-order chi connectivity index (χ0) is 11.8. The van der Waals surface area contributed by atoms with E-state index in [-0.39, 0.29) is 0 Å². The van der Waals surface area contributed by atoms with E-state index in [1.807, 2.05) is 38.1 Å². The molecule has 2 aromatic rings. The van der Waals surface area contributed by atoms with Gasteiger partial charge in [0.1, 0.15) is 5.60 Å². The van der Waals surface area contributed by atoms with Crippen LogP contribution in [0.15, 0.2) is 24.3 Å². The molecule has 0 saturated carbocycles. The summed E-state index contributed by atoms with van der Waals surface area (Å²) in [6.07, 6.45) is 0.615. The molecule has 0 spiro atoms. The van der Waals surface area contributed by atoms with Crippen molar-refractivity contribution in [3.8, 4) is 0 Å². The van der Waals surface area contributed by atoms with Crippen LogP contribution in [0.3, 0.4) is 0 Å². The molecule has 1 atom stereocenters. The van der Waals surface area contributed by atoms with Crippen molar-refractivity contribution in [2.45, 2.75) is 25.9 Å². The Balaban J connectivity index is 2.19. The molecule has 2 rings (SSSR count). The smallest absolute Gasteiger partial charge is 0.101 e. The van der Waals surface area contributed by atoms with E-state index >= 15 is 0 Å². The van der Waals surface area contributed by atoms with Crippen molar-refractivity contribution in [3.63, 3.8) is 0 Å². The van der Waals surface area contributed by atoms with Gasteiger partial charge in [-0.25, -0.2) is 0 Å². The highest BCUT2D eigenvalue weighted by molar-refractivity contribution is 7.16. The largest absolute Gasteiger partial charge is 0.384 e. The number of halogens is 1. The molecule has 0 aliphatic heterocycles. The Labute approximate surface area is 108 Å². The topological polar surface area (TPSA) is 20.2 Å². The fourth-order valence-electron chi connectivity index (χ4n) is 1.60. The predicted molar refractivity (Wildman–Crippen MR) is 71.7 cm³/mol. The Morgan fingerprint density at radius 1 is 1.25 bits per heavy atom. The van der Waals surface area contributed by atoms with Crippen molar-refractivity contribution < 1.29 is 5.11 Å². The molecule has 16 heavy (non-hydrogen) atoms. The zero-order valence-corrected chi connectivity index (χ0v) is 11.5. The van der Waals surface area contributed by atoms with Gasteiger partial charge in [-0.05, 0) is 38.1 Å². The van der Waals surface area contributed by atoms with Crippen molar-refractivity contribution in [2.75, 3.05) is 0 Å². The Morgan fingerprint density at radius 3 is 2.50 bits per heavy atom. The summed E-state index contributed by atoms with van der Waals surface area (Å²) in [5.41, 5.74) is -0.799. The first-order valence-electron chi connectivity index (χ1n) is 5.01. The molecule has 1 N–H and O–H groups in total. The molecular formula is C12H13ClOS2. The normalized spacial score (nSPS) is 15.0. The molecule has 86 valence electrons. The predicted octanol–water partition coefficient (Wildman–Crippen LogP) is 4.22. The minimum atomic E-state index is -0.799. The lowest BCUT2D eigenvalue weighted by molar-refractivity contribution is 0.0623. The SMILES string of the molecule is Cc1ccc(C(C)(O)Cc2ccc(Cl)s2)s1.